The van der Waals surface area contributed by atoms with Crippen LogP contribution >= 0.6 is 7.82 Å². The van der Waals surface area contributed by atoms with Crippen molar-refractivity contribution >= 4 is 25.7 Å². The van der Waals surface area contributed by atoms with Gasteiger partial charge in [0.2, 0.25) is 0 Å². The van der Waals surface area contributed by atoms with E-state index in [1.54, 1.807) is 6.08 Å². The number of unbranched alkanes of at least 4 members (excludes halogenated alkanes) is 17. The van der Waals surface area contributed by atoms with Gasteiger partial charge in [-0.25, -0.2) is 4.57 Å². The van der Waals surface area contributed by atoms with Crippen molar-refractivity contribution in [1.82, 2.24) is 0 Å². The number of phosphoric acid groups is 1. The summed E-state index contributed by atoms with van der Waals surface area (Å²) in [5, 5.41) is 9.76. The molecule has 12 heteroatoms. The second-order valence-corrected chi connectivity index (χ2v) is 19.1. The zero-order chi connectivity index (χ0) is 51.3. The van der Waals surface area contributed by atoms with Crippen LogP contribution in [0.2, 0.25) is 0 Å². The van der Waals surface area contributed by atoms with Crippen LogP contribution in [0.3, 0.4) is 0 Å². The summed E-state index contributed by atoms with van der Waals surface area (Å²) < 4.78 is 39.2. The number of aliphatic hydroxyl groups is 1. The van der Waals surface area contributed by atoms with Crippen molar-refractivity contribution in [3.05, 3.63) is 97.2 Å². The quantitative estimate of drug-likeness (QED) is 0.0197. The average Bonchev–Trinajstić information content (AvgIpc) is 3.35. The fraction of sp³-hybridized carbons (Fsp3) is 0.672. The van der Waals surface area contributed by atoms with Crippen molar-refractivity contribution in [2.45, 2.75) is 226 Å². The maximum atomic E-state index is 12.9. The van der Waals surface area contributed by atoms with Gasteiger partial charge < -0.3 is 24.2 Å². The number of rotatable bonds is 49. The number of carbonyl (C=O) groups is 3. The molecule has 0 fully saturated rings. The molecular formula is C58H97O11P. The van der Waals surface area contributed by atoms with E-state index in [-0.39, 0.29) is 25.9 Å². The molecule has 0 aliphatic carbocycles. The molecule has 11 nitrogen and oxygen atoms in total. The summed E-state index contributed by atoms with van der Waals surface area (Å²) in [6.45, 7) is 4.34. The number of carbonyl (C=O) groups excluding carboxylic acids is 3. The highest BCUT2D eigenvalue weighted by molar-refractivity contribution is 7.47. The molecule has 0 radical (unpaired) electrons. The van der Waals surface area contributed by atoms with Gasteiger partial charge in [-0.2, -0.15) is 0 Å². The van der Waals surface area contributed by atoms with Crippen LogP contribution in [0.15, 0.2) is 97.2 Å². The van der Waals surface area contributed by atoms with Crippen LogP contribution in [-0.2, 0) is 42.2 Å². The van der Waals surface area contributed by atoms with E-state index in [0.29, 0.717) is 19.3 Å². The molecule has 0 rings (SSSR count). The molecule has 3 unspecified atom stereocenters. The Balaban J connectivity index is 4.78. The second kappa shape index (κ2) is 51.7. The van der Waals surface area contributed by atoms with Gasteiger partial charge in [0.1, 0.15) is 12.7 Å². The molecule has 400 valence electrons. The summed E-state index contributed by atoms with van der Waals surface area (Å²) in [5.74, 6) is -1.62. The lowest BCUT2D eigenvalue weighted by Gasteiger charge is -2.21. The molecule has 0 spiro atoms. The predicted octanol–water partition coefficient (Wildman–Crippen LogP) is 15.7. The molecule has 70 heavy (non-hydrogen) atoms. The summed E-state index contributed by atoms with van der Waals surface area (Å²) >= 11 is 0. The van der Waals surface area contributed by atoms with Gasteiger partial charge in [0.15, 0.2) is 6.10 Å². The van der Waals surface area contributed by atoms with Gasteiger partial charge in [-0.1, -0.05) is 208 Å². The van der Waals surface area contributed by atoms with Crippen molar-refractivity contribution in [1.29, 1.82) is 0 Å². The number of allylic oxidation sites excluding steroid dienone is 15. The topological polar surface area (TPSA) is 155 Å². The van der Waals surface area contributed by atoms with Crippen LogP contribution in [0.1, 0.15) is 213 Å². The Kier molecular flexibility index (Phi) is 49.1. The standard InChI is InChI=1S/C58H97O11P/c1-4-7-10-13-16-19-21-23-25-26-27-28-30-32-34-37-40-43-46-49-58(62)69-55(51-65-56(60)47-44-41-38-35-18-15-12-9-6-3)53-67-70(63,64)66-52-54(50-59)68-57(61)48-45-42-39-36-33-31-29-24-22-20-17-14-11-8-5-2/h8,11,16-17,19-20,23-25,27-29,33,36,42,45,54-55,59H,4-7,9-10,12-15,18,21-22,26,30-32,34-35,37-41,43-44,46-53H2,1-3H3,(H,63,64)/b11-8-,19-16-,20-17-,25-23-,28-27-,29-24-,36-33-,45-42-. The molecule has 0 amide bonds. The van der Waals surface area contributed by atoms with E-state index in [1.807, 2.05) is 18.2 Å². The lowest BCUT2D eigenvalue weighted by molar-refractivity contribution is -0.161. The van der Waals surface area contributed by atoms with E-state index < -0.39 is 57.8 Å². The van der Waals surface area contributed by atoms with Gasteiger partial charge in [0.25, 0.3) is 0 Å². The molecule has 0 aliphatic heterocycles. The monoisotopic (exact) mass is 1000 g/mol. The first-order chi connectivity index (χ1) is 34.2. The molecule has 0 saturated heterocycles. The van der Waals surface area contributed by atoms with Crippen molar-refractivity contribution < 1.29 is 52.2 Å². The first-order valence-electron chi connectivity index (χ1n) is 27.1. The largest absolute Gasteiger partial charge is 0.472 e. The fourth-order valence-corrected chi connectivity index (χ4v) is 7.69. The van der Waals surface area contributed by atoms with E-state index in [4.69, 9.17) is 23.3 Å². The third-order valence-electron chi connectivity index (χ3n) is 11.0. The minimum absolute atomic E-state index is 0.0590. The number of phosphoric ester groups is 1. The average molecular weight is 1000 g/mol. The Morgan fingerprint density at radius 1 is 0.429 bits per heavy atom. The number of aliphatic hydroxyl groups excluding tert-OH is 1. The molecule has 0 saturated carbocycles. The third-order valence-corrected chi connectivity index (χ3v) is 12.0. The first-order valence-corrected chi connectivity index (χ1v) is 28.6. The molecule has 0 aliphatic rings. The SMILES string of the molecule is CC/C=C\C/C=C\C/C=C\C/C=C\C/C=C\CC(=O)OC(CO)COP(=O)(O)OCC(COC(=O)CCCCCCCCCCC)OC(=O)CCCCCCCC/C=C\C/C=C\C/C=C\CCCCC. The minimum Gasteiger partial charge on any atom is -0.462 e. The maximum Gasteiger partial charge on any atom is 0.472 e. The first kappa shape index (κ1) is 66.4. The number of hydrogen-bond acceptors (Lipinski definition) is 10. The molecule has 0 aromatic heterocycles. The highest BCUT2D eigenvalue weighted by atomic mass is 31.2. The minimum atomic E-state index is -4.77. The Labute approximate surface area is 425 Å². The van der Waals surface area contributed by atoms with E-state index in [2.05, 4.69) is 93.7 Å². The lowest BCUT2D eigenvalue weighted by Crippen LogP contribution is -2.30. The summed E-state index contributed by atoms with van der Waals surface area (Å²) in [4.78, 5) is 48.3. The van der Waals surface area contributed by atoms with Crippen LogP contribution in [-0.4, -0.2) is 66.5 Å². The summed E-state index contributed by atoms with van der Waals surface area (Å²) in [6, 6.07) is 0. The normalized spacial score (nSPS) is 14.2. The van der Waals surface area contributed by atoms with Crippen LogP contribution in [0.5, 0.6) is 0 Å². The molecule has 0 heterocycles. The predicted molar refractivity (Wildman–Crippen MR) is 288 cm³/mol. The Hall–Kier alpha value is -3.60. The Morgan fingerprint density at radius 3 is 1.29 bits per heavy atom. The highest BCUT2D eigenvalue weighted by Crippen LogP contribution is 2.43. The molecule has 2 N–H and O–H groups in total. The van der Waals surface area contributed by atoms with Gasteiger partial charge in [-0.05, 0) is 83.5 Å². The lowest BCUT2D eigenvalue weighted by atomic mass is 10.1. The number of hydrogen-bond donors (Lipinski definition) is 2. The van der Waals surface area contributed by atoms with Gasteiger partial charge in [0, 0.05) is 12.8 Å². The fourth-order valence-electron chi connectivity index (χ4n) is 6.91. The van der Waals surface area contributed by atoms with E-state index in [1.165, 1.54) is 57.8 Å². The van der Waals surface area contributed by atoms with Crippen LogP contribution in [0.25, 0.3) is 0 Å². The summed E-state index contributed by atoms with van der Waals surface area (Å²) in [6.07, 6.45) is 59.8. The van der Waals surface area contributed by atoms with E-state index >= 15 is 0 Å². The number of esters is 3. The number of ether oxygens (including phenoxy) is 3. The molecule has 0 aromatic carbocycles. The summed E-state index contributed by atoms with van der Waals surface area (Å²) in [7, 11) is -4.77. The van der Waals surface area contributed by atoms with Gasteiger partial charge >= 0.3 is 25.7 Å². The van der Waals surface area contributed by atoms with E-state index in [9.17, 15) is 28.9 Å². The molecule has 0 bridgehead atoms. The highest BCUT2D eigenvalue weighted by Gasteiger charge is 2.28. The molecular weight excluding hydrogens is 904 g/mol. The maximum absolute atomic E-state index is 12.9. The van der Waals surface area contributed by atoms with Crippen molar-refractivity contribution in [3.8, 4) is 0 Å². The van der Waals surface area contributed by atoms with Crippen molar-refractivity contribution in [3.63, 3.8) is 0 Å². The zero-order valence-corrected chi connectivity index (χ0v) is 44.8. The van der Waals surface area contributed by atoms with Crippen LogP contribution in [0.4, 0.5) is 0 Å². The van der Waals surface area contributed by atoms with Crippen LogP contribution < -0.4 is 0 Å². The smallest absolute Gasteiger partial charge is 0.462 e. The van der Waals surface area contributed by atoms with Crippen LogP contribution in [0, 0.1) is 0 Å². The zero-order valence-electron chi connectivity index (χ0n) is 43.9. The van der Waals surface area contributed by atoms with Gasteiger partial charge in [-0.3, -0.25) is 23.4 Å². The van der Waals surface area contributed by atoms with Gasteiger partial charge in [-0.15, -0.1) is 0 Å². The van der Waals surface area contributed by atoms with E-state index in [0.717, 1.165) is 96.3 Å². The molecule has 0 aromatic rings. The van der Waals surface area contributed by atoms with Crippen molar-refractivity contribution in [2.75, 3.05) is 26.4 Å². The summed E-state index contributed by atoms with van der Waals surface area (Å²) in [5.41, 5.74) is 0. The third kappa shape index (κ3) is 49.4. The second-order valence-electron chi connectivity index (χ2n) is 17.7. The molecule has 3 atom stereocenters. The van der Waals surface area contributed by atoms with Crippen molar-refractivity contribution in [2.24, 2.45) is 0 Å². The Bertz CT molecular complexity index is 1540. The van der Waals surface area contributed by atoms with Gasteiger partial charge in [0.05, 0.1) is 26.2 Å². The Morgan fingerprint density at radius 2 is 0.800 bits per heavy atom.